The maximum absolute atomic E-state index is 12.5. The number of aryl methyl sites for hydroxylation is 1. The molecule has 0 fully saturated rings. The van der Waals surface area contributed by atoms with Crippen LogP contribution in [0.4, 0.5) is 11.4 Å². The van der Waals surface area contributed by atoms with E-state index >= 15 is 0 Å². The fraction of sp³-hybridized carbons (Fsp3) is 0.318. The Kier molecular flexibility index (Phi) is 9.30. The van der Waals surface area contributed by atoms with Crippen LogP contribution in [0.25, 0.3) is 0 Å². The number of nitro benzene ring substituents is 1. The third kappa shape index (κ3) is 7.47. The number of amides is 1. The summed E-state index contributed by atoms with van der Waals surface area (Å²) in [6.45, 7) is 1.43. The summed E-state index contributed by atoms with van der Waals surface area (Å²) in [5.41, 5.74) is 1.22. The van der Waals surface area contributed by atoms with Crippen molar-refractivity contribution in [2.45, 2.75) is 19.8 Å². The molecule has 0 saturated carbocycles. The zero-order valence-corrected chi connectivity index (χ0v) is 17.6. The number of aliphatic hydroxyl groups is 1. The second-order valence-electron chi connectivity index (χ2n) is 6.92. The third-order valence-electron chi connectivity index (χ3n) is 4.49. The molecule has 0 aromatic heterocycles. The van der Waals surface area contributed by atoms with Gasteiger partial charge in [-0.1, -0.05) is 24.3 Å². The minimum Gasteiger partial charge on any atom is -0.454 e. The molecule has 2 aromatic carbocycles. The Hall–Kier alpha value is -3.79. The molecule has 0 saturated heterocycles. The number of carbonyl (C=O) groups excluding carboxylic acids is 3. The number of non-ortho nitro benzene ring substituents is 1. The van der Waals surface area contributed by atoms with E-state index in [0.717, 1.165) is 24.5 Å². The van der Waals surface area contributed by atoms with Gasteiger partial charge >= 0.3 is 5.97 Å². The van der Waals surface area contributed by atoms with E-state index in [1.807, 2.05) is 0 Å². The van der Waals surface area contributed by atoms with Crippen molar-refractivity contribution in [1.29, 1.82) is 0 Å². The fourth-order valence-electron chi connectivity index (χ4n) is 2.87. The van der Waals surface area contributed by atoms with Crippen molar-refractivity contribution in [1.82, 2.24) is 5.32 Å². The van der Waals surface area contributed by atoms with Gasteiger partial charge in [-0.3, -0.25) is 19.7 Å². The van der Waals surface area contributed by atoms with Gasteiger partial charge < -0.3 is 20.5 Å². The number of nitrogens with one attached hydrogen (secondary N) is 2. The van der Waals surface area contributed by atoms with Gasteiger partial charge in [-0.2, -0.15) is 0 Å². The molecule has 0 atom stereocenters. The number of hydrogen-bond donors (Lipinski definition) is 3. The number of rotatable bonds is 12. The van der Waals surface area contributed by atoms with E-state index in [0.29, 0.717) is 12.1 Å². The van der Waals surface area contributed by atoms with Gasteiger partial charge in [0.2, 0.25) is 5.91 Å². The molecule has 0 heterocycles. The topological polar surface area (TPSA) is 148 Å². The minimum absolute atomic E-state index is 0.0816. The lowest BCUT2D eigenvalue weighted by Gasteiger charge is -2.11. The average molecular weight is 443 g/mol. The summed E-state index contributed by atoms with van der Waals surface area (Å²) in [5.74, 6) is -1.39. The number of nitro groups is 1. The molecule has 2 aromatic rings. The van der Waals surface area contributed by atoms with Crippen molar-refractivity contribution >= 4 is 29.0 Å². The summed E-state index contributed by atoms with van der Waals surface area (Å²) in [5, 5.41) is 25.5. The van der Waals surface area contributed by atoms with Gasteiger partial charge in [0, 0.05) is 43.4 Å². The van der Waals surface area contributed by atoms with Crippen LogP contribution in [0, 0.1) is 10.1 Å². The molecule has 0 aliphatic carbocycles. The number of ether oxygens (including phenoxy) is 1. The lowest BCUT2D eigenvalue weighted by molar-refractivity contribution is -0.384. The van der Waals surface area contributed by atoms with Crippen molar-refractivity contribution < 1.29 is 29.2 Å². The molecule has 3 N–H and O–H groups in total. The van der Waals surface area contributed by atoms with Gasteiger partial charge in [0.05, 0.1) is 17.1 Å². The van der Waals surface area contributed by atoms with Crippen LogP contribution in [-0.4, -0.2) is 54.0 Å². The summed E-state index contributed by atoms with van der Waals surface area (Å²) < 4.78 is 5.08. The van der Waals surface area contributed by atoms with Crippen LogP contribution in [-0.2, 0) is 16.0 Å². The minimum atomic E-state index is -0.892. The van der Waals surface area contributed by atoms with Crippen LogP contribution < -0.4 is 10.6 Å². The lowest BCUT2D eigenvalue weighted by atomic mass is 10.1. The van der Waals surface area contributed by atoms with E-state index in [1.165, 1.54) is 19.1 Å². The smallest absolute Gasteiger partial charge is 0.340 e. The number of anilines is 1. The highest BCUT2D eigenvalue weighted by Gasteiger charge is 2.19. The Morgan fingerprint density at radius 3 is 2.44 bits per heavy atom. The van der Waals surface area contributed by atoms with Crippen LogP contribution in [0.15, 0.2) is 42.5 Å². The van der Waals surface area contributed by atoms with Crippen molar-refractivity contribution in [3.63, 3.8) is 0 Å². The Morgan fingerprint density at radius 2 is 1.81 bits per heavy atom. The van der Waals surface area contributed by atoms with E-state index in [9.17, 15) is 24.5 Å². The molecular weight excluding hydrogens is 418 g/mol. The normalized spacial score (nSPS) is 10.3. The molecule has 32 heavy (non-hydrogen) atoms. The number of nitrogens with zero attached hydrogens (tertiary/aromatic N) is 1. The second-order valence-corrected chi connectivity index (χ2v) is 6.92. The molecule has 170 valence electrons. The molecule has 0 bridgehead atoms. The Morgan fingerprint density at radius 1 is 1.09 bits per heavy atom. The summed E-state index contributed by atoms with van der Waals surface area (Å²) in [6.07, 6.45) is 1.50. The van der Waals surface area contributed by atoms with Crippen molar-refractivity contribution in [2.75, 3.05) is 31.6 Å². The van der Waals surface area contributed by atoms with Gasteiger partial charge in [-0.25, -0.2) is 4.79 Å². The Labute approximate surface area is 184 Å². The van der Waals surface area contributed by atoms with Gasteiger partial charge in [0.25, 0.3) is 5.69 Å². The predicted octanol–water partition coefficient (Wildman–Crippen LogP) is 2.11. The standard InChI is InChI=1S/C22H25N3O7/c1-15(27)23-10-2-3-16-4-6-17(7-5-16)21(28)14-32-22(29)19-13-18(25(30)31)8-9-20(19)24-11-12-26/h4-9,13,24,26H,2-3,10-12,14H2,1H3,(H,23,27). The third-order valence-corrected chi connectivity index (χ3v) is 4.49. The van der Waals surface area contributed by atoms with E-state index in [2.05, 4.69) is 10.6 Å². The van der Waals surface area contributed by atoms with Crippen molar-refractivity contribution in [2.24, 2.45) is 0 Å². The number of hydrogen-bond acceptors (Lipinski definition) is 8. The monoisotopic (exact) mass is 443 g/mol. The Balaban J connectivity index is 1.97. The molecule has 0 aliphatic heterocycles. The SMILES string of the molecule is CC(=O)NCCCc1ccc(C(=O)COC(=O)c2cc([N+](=O)[O-])ccc2NCCO)cc1. The highest BCUT2D eigenvalue weighted by molar-refractivity contribution is 6.01. The number of Topliss-reactive ketones (excluding diaryl/α,β-unsaturated/α-hetero) is 1. The Bertz CT molecular complexity index is 974. The first-order valence-electron chi connectivity index (χ1n) is 9.98. The summed E-state index contributed by atoms with van der Waals surface area (Å²) in [4.78, 5) is 46.1. The largest absolute Gasteiger partial charge is 0.454 e. The van der Waals surface area contributed by atoms with Crippen LogP contribution in [0.5, 0.6) is 0 Å². The van der Waals surface area contributed by atoms with Crippen LogP contribution >= 0.6 is 0 Å². The van der Waals surface area contributed by atoms with Gasteiger partial charge in [0.1, 0.15) is 0 Å². The van der Waals surface area contributed by atoms with E-state index < -0.39 is 23.3 Å². The average Bonchev–Trinajstić information content (AvgIpc) is 2.78. The molecule has 0 unspecified atom stereocenters. The van der Waals surface area contributed by atoms with Crippen LogP contribution in [0.2, 0.25) is 0 Å². The number of carbonyl (C=O) groups is 3. The quantitative estimate of drug-likeness (QED) is 0.149. The van der Waals surface area contributed by atoms with Gasteiger partial charge in [-0.05, 0) is 24.5 Å². The highest BCUT2D eigenvalue weighted by Crippen LogP contribution is 2.23. The molecule has 2 rings (SSSR count). The zero-order valence-electron chi connectivity index (χ0n) is 17.6. The number of esters is 1. The first-order valence-corrected chi connectivity index (χ1v) is 9.98. The maximum Gasteiger partial charge on any atom is 0.340 e. The summed E-state index contributed by atoms with van der Waals surface area (Å²) in [6, 6.07) is 10.5. The predicted molar refractivity (Wildman–Crippen MR) is 117 cm³/mol. The molecule has 10 nitrogen and oxygen atoms in total. The van der Waals surface area contributed by atoms with Crippen LogP contribution in [0.1, 0.15) is 39.6 Å². The molecular formula is C22H25N3O7. The molecule has 0 aliphatic rings. The lowest BCUT2D eigenvalue weighted by Crippen LogP contribution is -2.21. The summed E-state index contributed by atoms with van der Waals surface area (Å²) >= 11 is 0. The van der Waals surface area contributed by atoms with Crippen molar-refractivity contribution in [3.05, 3.63) is 69.3 Å². The van der Waals surface area contributed by atoms with Crippen LogP contribution in [0.3, 0.4) is 0 Å². The first kappa shape index (κ1) is 24.5. The van der Waals surface area contributed by atoms with E-state index in [4.69, 9.17) is 9.84 Å². The molecule has 0 spiro atoms. The number of ketones is 1. The van der Waals surface area contributed by atoms with Gasteiger partial charge in [0.15, 0.2) is 12.4 Å². The highest BCUT2D eigenvalue weighted by atomic mass is 16.6. The zero-order chi connectivity index (χ0) is 23.5. The van der Waals surface area contributed by atoms with Crippen molar-refractivity contribution in [3.8, 4) is 0 Å². The number of aliphatic hydroxyl groups excluding tert-OH is 1. The maximum atomic E-state index is 12.5. The van der Waals surface area contributed by atoms with E-state index in [-0.39, 0.29) is 36.0 Å². The summed E-state index contributed by atoms with van der Waals surface area (Å²) in [7, 11) is 0. The molecule has 1 amide bonds. The fourth-order valence-corrected chi connectivity index (χ4v) is 2.87. The van der Waals surface area contributed by atoms with E-state index in [1.54, 1.807) is 24.3 Å². The first-order chi connectivity index (χ1) is 15.3. The number of benzene rings is 2. The van der Waals surface area contributed by atoms with Gasteiger partial charge in [-0.15, -0.1) is 0 Å². The molecule has 0 radical (unpaired) electrons. The second kappa shape index (κ2) is 12.2. The molecule has 10 heteroatoms.